The van der Waals surface area contributed by atoms with E-state index in [1.165, 1.54) is 0 Å². The summed E-state index contributed by atoms with van der Waals surface area (Å²) in [6, 6.07) is 7.41. The quantitative estimate of drug-likeness (QED) is 0.809. The second kappa shape index (κ2) is 7.07. The lowest BCUT2D eigenvalue weighted by atomic mass is 10.1. The lowest BCUT2D eigenvalue weighted by Gasteiger charge is -2.11. The van der Waals surface area contributed by atoms with Crippen LogP contribution in [0, 0.1) is 5.92 Å². The maximum Gasteiger partial charge on any atom is 0.251 e. The molecule has 1 N–H and O–H groups in total. The van der Waals surface area contributed by atoms with Crippen LogP contribution in [0.5, 0.6) is 0 Å². The van der Waals surface area contributed by atoms with Crippen LogP contribution in [0.3, 0.4) is 0 Å². The number of carbonyl (C=O) groups excluding carboxylic acids is 1. The van der Waals surface area contributed by atoms with E-state index in [9.17, 15) is 4.79 Å². The average molecular weight is 349 g/mol. The van der Waals surface area contributed by atoms with Crippen molar-refractivity contribution in [3.8, 4) is 0 Å². The van der Waals surface area contributed by atoms with E-state index < -0.39 is 0 Å². The van der Waals surface area contributed by atoms with Gasteiger partial charge in [0.1, 0.15) is 0 Å². The van der Waals surface area contributed by atoms with E-state index >= 15 is 0 Å². The summed E-state index contributed by atoms with van der Waals surface area (Å²) < 4.78 is 0.925. The van der Waals surface area contributed by atoms with E-state index in [0.717, 1.165) is 22.8 Å². The molecule has 16 heavy (non-hydrogen) atoms. The second-order valence-electron chi connectivity index (χ2n) is 3.80. The van der Waals surface area contributed by atoms with Crippen LogP contribution in [0.1, 0.15) is 23.7 Å². The molecule has 0 fully saturated rings. The summed E-state index contributed by atoms with van der Waals surface area (Å²) in [4.78, 5) is 11.8. The van der Waals surface area contributed by atoms with Gasteiger partial charge in [0.2, 0.25) is 0 Å². The smallest absolute Gasteiger partial charge is 0.251 e. The fourth-order valence-corrected chi connectivity index (χ4v) is 2.47. The molecule has 0 bridgehead atoms. The van der Waals surface area contributed by atoms with Gasteiger partial charge >= 0.3 is 0 Å². The first kappa shape index (κ1) is 13.7. The first-order chi connectivity index (χ1) is 7.63. The first-order valence-corrected chi connectivity index (χ1v) is 7.14. The van der Waals surface area contributed by atoms with Crippen molar-refractivity contribution in [1.29, 1.82) is 0 Å². The molecule has 0 aliphatic heterocycles. The van der Waals surface area contributed by atoms with E-state index in [1.54, 1.807) is 0 Å². The highest BCUT2D eigenvalue weighted by atomic mass is 79.9. The van der Waals surface area contributed by atoms with Gasteiger partial charge in [-0.15, -0.1) is 0 Å². The average Bonchev–Trinajstić information content (AvgIpc) is 2.26. The lowest BCUT2D eigenvalue weighted by Crippen LogP contribution is -2.28. The number of hydrogen-bond acceptors (Lipinski definition) is 1. The number of carbonyl (C=O) groups is 1. The summed E-state index contributed by atoms with van der Waals surface area (Å²) in [6.45, 7) is 2.85. The van der Waals surface area contributed by atoms with Crippen LogP contribution in [-0.4, -0.2) is 17.8 Å². The van der Waals surface area contributed by atoms with Crippen LogP contribution >= 0.6 is 31.9 Å². The summed E-state index contributed by atoms with van der Waals surface area (Å²) in [5.41, 5.74) is 0.695. The molecule has 1 unspecified atom stereocenters. The van der Waals surface area contributed by atoms with Crippen molar-refractivity contribution in [3.05, 3.63) is 34.3 Å². The summed E-state index contributed by atoms with van der Waals surface area (Å²) >= 11 is 6.74. The Morgan fingerprint density at radius 1 is 1.50 bits per heavy atom. The summed E-state index contributed by atoms with van der Waals surface area (Å²) in [5, 5.41) is 3.90. The summed E-state index contributed by atoms with van der Waals surface area (Å²) in [6.07, 6.45) is 1.07. The maximum absolute atomic E-state index is 11.8. The minimum absolute atomic E-state index is 0.0114. The molecule has 2 nitrogen and oxygen atoms in total. The Hall–Kier alpha value is -0.350. The monoisotopic (exact) mass is 347 g/mol. The standard InChI is InChI=1S/C12H15Br2NO/c1-9(5-6-13)8-15-12(16)10-3-2-4-11(14)7-10/h2-4,7,9H,5-6,8H2,1H3,(H,15,16). The Kier molecular flexibility index (Phi) is 6.06. The second-order valence-corrected chi connectivity index (χ2v) is 5.51. The number of alkyl halides is 1. The molecular formula is C12H15Br2NO. The number of halogens is 2. The Labute approximate surface area is 113 Å². The fourth-order valence-electron chi connectivity index (χ4n) is 1.29. The van der Waals surface area contributed by atoms with E-state index in [2.05, 4.69) is 44.1 Å². The summed E-state index contributed by atoms with van der Waals surface area (Å²) in [5.74, 6) is 0.484. The van der Waals surface area contributed by atoms with Crippen LogP contribution in [0.25, 0.3) is 0 Å². The van der Waals surface area contributed by atoms with Crippen LogP contribution in [0.2, 0.25) is 0 Å². The lowest BCUT2D eigenvalue weighted by molar-refractivity contribution is 0.0948. The van der Waals surface area contributed by atoms with Gasteiger partial charge in [0.05, 0.1) is 0 Å². The SMILES string of the molecule is CC(CCBr)CNC(=O)c1cccc(Br)c1. The fraction of sp³-hybridized carbons (Fsp3) is 0.417. The summed E-state index contributed by atoms with van der Waals surface area (Å²) in [7, 11) is 0. The molecule has 0 saturated heterocycles. The van der Waals surface area contributed by atoms with Crippen LogP contribution < -0.4 is 5.32 Å². The van der Waals surface area contributed by atoms with Gasteiger partial charge in [-0.25, -0.2) is 0 Å². The van der Waals surface area contributed by atoms with Gasteiger partial charge in [0, 0.05) is 21.9 Å². The van der Waals surface area contributed by atoms with Crippen molar-refractivity contribution >= 4 is 37.8 Å². The van der Waals surface area contributed by atoms with E-state index in [0.29, 0.717) is 11.5 Å². The van der Waals surface area contributed by atoms with Crippen LogP contribution in [-0.2, 0) is 0 Å². The molecule has 1 rings (SSSR count). The number of hydrogen-bond donors (Lipinski definition) is 1. The maximum atomic E-state index is 11.8. The molecule has 4 heteroatoms. The largest absolute Gasteiger partial charge is 0.352 e. The van der Waals surface area contributed by atoms with Crippen molar-refractivity contribution < 1.29 is 4.79 Å². The third-order valence-electron chi connectivity index (χ3n) is 2.30. The molecule has 1 amide bonds. The molecule has 88 valence electrons. The van der Waals surface area contributed by atoms with Crippen molar-refractivity contribution in [2.24, 2.45) is 5.92 Å². The minimum Gasteiger partial charge on any atom is -0.352 e. The van der Waals surface area contributed by atoms with E-state index in [1.807, 2.05) is 24.3 Å². The van der Waals surface area contributed by atoms with Crippen molar-refractivity contribution in [3.63, 3.8) is 0 Å². The number of amides is 1. The van der Waals surface area contributed by atoms with Crippen molar-refractivity contribution in [2.75, 3.05) is 11.9 Å². The topological polar surface area (TPSA) is 29.1 Å². The molecular weight excluding hydrogens is 334 g/mol. The molecule has 0 aliphatic rings. The normalized spacial score (nSPS) is 12.2. The zero-order valence-corrected chi connectivity index (χ0v) is 12.3. The molecule has 0 spiro atoms. The van der Waals surface area contributed by atoms with Gasteiger partial charge in [0.15, 0.2) is 0 Å². The van der Waals surface area contributed by atoms with Crippen molar-refractivity contribution in [2.45, 2.75) is 13.3 Å². The van der Waals surface area contributed by atoms with Gasteiger partial charge in [0.25, 0.3) is 5.91 Å². The van der Waals surface area contributed by atoms with Gasteiger partial charge in [-0.05, 0) is 30.5 Å². The third-order valence-corrected chi connectivity index (χ3v) is 3.25. The predicted octanol–water partition coefficient (Wildman–Crippen LogP) is 3.60. The number of benzene rings is 1. The van der Waals surface area contributed by atoms with Gasteiger partial charge in [-0.3, -0.25) is 4.79 Å². The molecule has 0 heterocycles. The van der Waals surface area contributed by atoms with Gasteiger partial charge in [-0.1, -0.05) is 44.8 Å². The zero-order valence-electron chi connectivity index (χ0n) is 9.17. The van der Waals surface area contributed by atoms with Crippen molar-refractivity contribution in [1.82, 2.24) is 5.32 Å². The Balaban J connectivity index is 2.47. The molecule has 0 aromatic heterocycles. The van der Waals surface area contributed by atoms with E-state index in [-0.39, 0.29) is 5.91 Å². The highest BCUT2D eigenvalue weighted by Gasteiger charge is 2.07. The minimum atomic E-state index is -0.0114. The highest BCUT2D eigenvalue weighted by molar-refractivity contribution is 9.10. The number of rotatable bonds is 5. The number of nitrogens with one attached hydrogen (secondary N) is 1. The molecule has 0 aliphatic carbocycles. The molecule has 0 radical (unpaired) electrons. The molecule has 0 saturated carbocycles. The first-order valence-electron chi connectivity index (χ1n) is 5.23. The Bertz CT molecular complexity index is 355. The predicted molar refractivity (Wildman–Crippen MR) is 74.1 cm³/mol. The van der Waals surface area contributed by atoms with Gasteiger partial charge in [-0.2, -0.15) is 0 Å². The van der Waals surface area contributed by atoms with Crippen LogP contribution in [0.15, 0.2) is 28.7 Å². The molecule has 1 aromatic carbocycles. The van der Waals surface area contributed by atoms with E-state index in [4.69, 9.17) is 0 Å². The molecule has 1 aromatic rings. The zero-order chi connectivity index (χ0) is 12.0. The highest BCUT2D eigenvalue weighted by Crippen LogP contribution is 2.11. The van der Waals surface area contributed by atoms with Gasteiger partial charge < -0.3 is 5.32 Å². The third kappa shape index (κ3) is 4.66. The molecule has 1 atom stereocenters. The Morgan fingerprint density at radius 2 is 2.25 bits per heavy atom. The van der Waals surface area contributed by atoms with Crippen LogP contribution in [0.4, 0.5) is 0 Å². The Morgan fingerprint density at radius 3 is 2.88 bits per heavy atom.